The monoisotopic (exact) mass is 345 g/mol. The quantitative estimate of drug-likeness (QED) is 0.612. The van der Waals surface area contributed by atoms with E-state index in [9.17, 15) is 0 Å². The summed E-state index contributed by atoms with van der Waals surface area (Å²) in [4.78, 5) is 15.4. The van der Waals surface area contributed by atoms with Gasteiger partial charge < -0.3 is 5.32 Å². The average Bonchev–Trinajstić information content (AvgIpc) is 3.30. The van der Waals surface area contributed by atoms with Gasteiger partial charge in [-0.2, -0.15) is 0 Å². The molecule has 1 unspecified atom stereocenters. The Morgan fingerprint density at radius 1 is 1.00 bits per heavy atom. The van der Waals surface area contributed by atoms with Crippen LogP contribution in [0, 0.1) is 0 Å². The number of rotatable bonds is 4. The molecule has 130 valence electrons. The fourth-order valence-electron chi connectivity index (χ4n) is 3.56. The van der Waals surface area contributed by atoms with Gasteiger partial charge in [0, 0.05) is 50.5 Å². The van der Waals surface area contributed by atoms with Crippen LogP contribution in [0.5, 0.6) is 0 Å². The molecular formula is C19H19N7. The van der Waals surface area contributed by atoms with Crippen LogP contribution in [-0.4, -0.2) is 48.6 Å². The minimum absolute atomic E-state index is 0.406. The van der Waals surface area contributed by atoms with Gasteiger partial charge in [0.25, 0.3) is 0 Å². The molecule has 0 amide bonds. The van der Waals surface area contributed by atoms with Crippen molar-refractivity contribution in [1.29, 1.82) is 0 Å². The van der Waals surface area contributed by atoms with Gasteiger partial charge in [-0.15, -0.1) is 5.10 Å². The van der Waals surface area contributed by atoms with E-state index in [0.29, 0.717) is 6.04 Å². The summed E-state index contributed by atoms with van der Waals surface area (Å²) >= 11 is 0. The van der Waals surface area contributed by atoms with Crippen LogP contribution in [0.2, 0.25) is 0 Å². The smallest absolute Gasteiger partial charge is 0.153 e. The fourth-order valence-corrected chi connectivity index (χ4v) is 3.56. The van der Waals surface area contributed by atoms with Gasteiger partial charge in [-0.05, 0) is 36.2 Å². The predicted octanol–water partition coefficient (Wildman–Crippen LogP) is 2.36. The van der Waals surface area contributed by atoms with E-state index in [1.54, 1.807) is 23.1 Å². The molecule has 1 atom stereocenters. The highest BCUT2D eigenvalue weighted by molar-refractivity contribution is 5.74. The molecule has 1 fully saturated rings. The molecule has 1 aliphatic heterocycles. The maximum atomic E-state index is 4.55. The summed E-state index contributed by atoms with van der Waals surface area (Å²) in [6.45, 7) is 3.00. The highest BCUT2D eigenvalue weighted by atomic mass is 15.3. The number of anilines is 1. The molecule has 7 nitrogen and oxygen atoms in total. The van der Waals surface area contributed by atoms with Crippen molar-refractivity contribution >= 4 is 22.5 Å². The Bertz CT molecular complexity index is 1060. The van der Waals surface area contributed by atoms with Gasteiger partial charge in [0.15, 0.2) is 5.65 Å². The predicted molar refractivity (Wildman–Crippen MR) is 99.8 cm³/mol. The number of hydrogen-bond acceptors (Lipinski definition) is 6. The van der Waals surface area contributed by atoms with E-state index in [0.717, 1.165) is 48.6 Å². The molecule has 3 aromatic heterocycles. The number of imidazole rings is 1. The molecule has 0 aliphatic carbocycles. The molecule has 1 aromatic carbocycles. The summed E-state index contributed by atoms with van der Waals surface area (Å²) in [6, 6.07) is 10.7. The normalized spacial score (nSPS) is 17.9. The Morgan fingerprint density at radius 2 is 1.92 bits per heavy atom. The summed E-state index contributed by atoms with van der Waals surface area (Å²) in [6.07, 6.45) is 8.21. The Morgan fingerprint density at radius 3 is 2.88 bits per heavy atom. The zero-order valence-electron chi connectivity index (χ0n) is 14.3. The van der Waals surface area contributed by atoms with Crippen LogP contribution >= 0.6 is 0 Å². The summed E-state index contributed by atoms with van der Waals surface area (Å²) < 4.78 is 1.80. The first-order valence-electron chi connectivity index (χ1n) is 8.82. The Hall–Kier alpha value is -3.06. The van der Waals surface area contributed by atoms with Crippen molar-refractivity contribution in [3.05, 3.63) is 60.7 Å². The minimum Gasteiger partial charge on any atom is -0.365 e. The largest absolute Gasteiger partial charge is 0.365 e. The molecule has 26 heavy (non-hydrogen) atoms. The molecule has 4 heterocycles. The van der Waals surface area contributed by atoms with Gasteiger partial charge in [0.1, 0.15) is 5.82 Å². The molecule has 0 radical (unpaired) electrons. The van der Waals surface area contributed by atoms with Gasteiger partial charge in [-0.3, -0.25) is 14.9 Å². The Kier molecular flexibility index (Phi) is 3.71. The molecule has 0 bridgehead atoms. The number of hydrogen-bond donors (Lipinski definition) is 1. The lowest BCUT2D eigenvalue weighted by Crippen LogP contribution is -2.26. The van der Waals surface area contributed by atoms with Crippen LogP contribution in [0.4, 0.5) is 5.82 Å². The number of nitrogens with zero attached hydrogens (tertiary/aromatic N) is 6. The zero-order valence-corrected chi connectivity index (χ0v) is 14.3. The van der Waals surface area contributed by atoms with Crippen LogP contribution in [0.15, 0.2) is 55.1 Å². The first-order valence-corrected chi connectivity index (χ1v) is 8.82. The highest BCUT2D eigenvalue weighted by Crippen LogP contribution is 2.19. The van der Waals surface area contributed by atoms with E-state index in [4.69, 9.17) is 0 Å². The van der Waals surface area contributed by atoms with Crippen molar-refractivity contribution in [1.82, 2.24) is 29.5 Å². The van der Waals surface area contributed by atoms with Crippen LogP contribution < -0.4 is 5.32 Å². The van der Waals surface area contributed by atoms with E-state index in [1.807, 2.05) is 24.4 Å². The molecule has 0 saturated carbocycles. The van der Waals surface area contributed by atoms with Crippen LogP contribution in [0.1, 0.15) is 12.0 Å². The molecule has 5 rings (SSSR count). The average molecular weight is 345 g/mol. The van der Waals surface area contributed by atoms with E-state index < -0.39 is 0 Å². The first kappa shape index (κ1) is 15.2. The Balaban J connectivity index is 1.24. The Labute approximate surface area is 150 Å². The lowest BCUT2D eigenvalue weighted by Gasteiger charge is -2.17. The van der Waals surface area contributed by atoms with Crippen molar-refractivity contribution in [2.75, 3.05) is 18.4 Å². The van der Waals surface area contributed by atoms with Crippen LogP contribution in [0.3, 0.4) is 0 Å². The summed E-state index contributed by atoms with van der Waals surface area (Å²) in [5, 5.41) is 8.10. The second-order valence-electron chi connectivity index (χ2n) is 6.69. The minimum atomic E-state index is 0.406. The van der Waals surface area contributed by atoms with E-state index in [1.165, 1.54) is 5.56 Å². The second kappa shape index (κ2) is 6.34. The van der Waals surface area contributed by atoms with Crippen molar-refractivity contribution in [3.8, 4) is 0 Å². The van der Waals surface area contributed by atoms with Crippen LogP contribution in [0.25, 0.3) is 16.7 Å². The van der Waals surface area contributed by atoms with E-state index in [2.05, 4.69) is 42.4 Å². The number of nitrogens with one attached hydrogen (secondary N) is 1. The maximum Gasteiger partial charge on any atom is 0.153 e. The van der Waals surface area contributed by atoms with Gasteiger partial charge in [0.05, 0.1) is 11.0 Å². The zero-order chi connectivity index (χ0) is 17.3. The fraction of sp³-hybridized carbons (Fsp3) is 0.263. The van der Waals surface area contributed by atoms with Crippen LogP contribution in [-0.2, 0) is 6.54 Å². The molecular weight excluding hydrogens is 326 g/mol. The first-order chi connectivity index (χ1) is 12.8. The third kappa shape index (κ3) is 2.97. The van der Waals surface area contributed by atoms with Crippen molar-refractivity contribution < 1.29 is 0 Å². The standard InChI is InChI=1S/C19H19N7/c1-2-16-17(21-7-6-20-16)11-14(1)12-25-9-5-15(13-25)23-18-3-4-19-22-8-10-26(19)24-18/h1-4,6-8,10-11,15H,5,9,12-13H2,(H,23,24). The van der Waals surface area contributed by atoms with E-state index >= 15 is 0 Å². The van der Waals surface area contributed by atoms with Crippen molar-refractivity contribution in [2.45, 2.75) is 19.0 Å². The van der Waals surface area contributed by atoms with Gasteiger partial charge in [0.2, 0.25) is 0 Å². The number of fused-ring (bicyclic) bond motifs is 2. The lowest BCUT2D eigenvalue weighted by atomic mass is 10.2. The molecule has 1 saturated heterocycles. The van der Waals surface area contributed by atoms with E-state index in [-0.39, 0.29) is 0 Å². The molecule has 7 heteroatoms. The summed E-state index contributed by atoms with van der Waals surface area (Å²) in [7, 11) is 0. The number of benzene rings is 1. The second-order valence-corrected chi connectivity index (χ2v) is 6.69. The third-order valence-corrected chi connectivity index (χ3v) is 4.82. The molecule has 1 aliphatic rings. The van der Waals surface area contributed by atoms with Gasteiger partial charge in [-0.1, -0.05) is 6.07 Å². The molecule has 4 aromatic rings. The third-order valence-electron chi connectivity index (χ3n) is 4.82. The summed E-state index contributed by atoms with van der Waals surface area (Å²) in [5.41, 5.74) is 4.04. The number of aromatic nitrogens is 5. The SMILES string of the molecule is c1cnc2cc(CN3CCC(Nc4ccc5nccn5n4)C3)ccc2n1. The van der Waals surface area contributed by atoms with Gasteiger partial charge >= 0.3 is 0 Å². The van der Waals surface area contributed by atoms with Crippen molar-refractivity contribution in [3.63, 3.8) is 0 Å². The topological polar surface area (TPSA) is 71.2 Å². The number of likely N-dealkylation sites (tertiary alicyclic amines) is 1. The maximum absolute atomic E-state index is 4.55. The molecule has 1 N–H and O–H groups in total. The lowest BCUT2D eigenvalue weighted by molar-refractivity contribution is 0.329. The molecule has 0 spiro atoms. The summed E-state index contributed by atoms with van der Waals surface area (Å²) in [5.74, 6) is 0.892. The highest BCUT2D eigenvalue weighted by Gasteiger charge is 2.22. The van der Waals surface area contributed by atoms with Crippen molar-refractivity contribution in [2.24, 2.45) is 0 Å². The van der Waals surface area contributed by atoms with Gasteiger partial charge in [-0.25, -0.2) is 9.50 Å².